The predicted octanol–water partition coefficient (Wildman–Crippen LogP) is 2.94. The number of carbonyl (C=O) groups is 1. The van der Waals surface area contributed by atoms with Gasteiger partial charge in [0.15, 0.2) is 0 Å². The Balaban J connectivity index is 1.62. The topological polar surface area (TPSA) is 49.6 Å². The van der Waals surface area contributed by atoms with Crippen LogP contribution < -0.4 is 0 Å². The molecule has 0 unspecified atom stereocenters. The molecule has 0 bridgehead atoms. The van der Waals surface area contributed by atoms with Crippen molar-refractivity contribution in [2.45, 2.75) is 6.54 Å². The van der Waals surface area contributed by atoms with Gasteiger partial charge < -0.3 is 9.42 Å². The molecule has 0 aliphatic carbocycles. The van der Waals surface area contributed by atoms with Crippen LogP contribution in [0.5, 0.6) is 0 Å². The van der Waals surface area contributed by atoms with Crippen LogP contribution in [0.3, 0.4) is 0 Å². The van der Waals surface area contributed by atoms with Crippen molar-refractivity contribution in [1.82, 2.24) is 15.0 Å². The second-order valence-electron chi connectivity index (χ2n) is 5.16. The predicted molar refractivity (Wildman–Crippen MR) is 84.1 cm³/mol. The zero-order chi connectivity index (χ0) is 15.5. The molecule has 7 heteroatoms. The molecule has 22 heavy (non-hydrogen) atoms. The average molecular weight is 340 g/mol. The lowest BCUT2D eigenvalue weighted by Crippen LogP contribution is -2.48. The van der Waals surface area contributed by atoms with E-state index in [4.69, 9.17) is 27.7 Å². The minimum atomic E-state index is -0.114. The van der Waals surface area contributed by atoms with Crippen LogP contribution in [0.4, 0.5) is 0 Å². The average Bonchev–Trinajstić information content (AvgIpc) is 3.00. The number of amides is 1. The monoisotopic (exact) mass is 339 g/mol. The maximum Gasteiger partial charge on any atom is 0.256 e. The lowest BCUT2D eigenvalue weighted by atomic mass is 10.1. The van der Waals surface area contributed by atoms with Gasteiger partial charge >= 0.3 is 0 Å². The third-order valence-electron chi connectivity index (χ3n) is 3.71. The number of hydrogen-bond acceptors (Lipinski definition) is 4. The fourth-order valence-corrected chi connectivity index (χ4v) is 3.08. The van der Waals surface area contributed by atoms with Crippen LogP contribution in [-0.2, 0) is 6.54 Å². The lowest BCUT2D eigenvalue weighted by molar-refractivity contribution is 0.0626. The molecular weight excluding hydrogens is 325 g/mol. The summed E-state index contributed by atoms with van der Waals surface area (Å²) in [4.78, 5) is 16.6. The van der Waals surface area contributed by atoms with Crippen LogP contribution in [0.2, 0.25) is 10.0 Å². The highest BCUT2D eigenvalue weighted by molar-refractivity contribution is 6.39. The largest absolute Gasteiger partial charge is 0.364 e. The van der Waals surface area contributed by atoms with Gasteiger partial charge in [-0.1, -0.05) is 34.4 Å². The highest BCUT2D eigenvalue weighted by Crippen LogP contribution is 2.26. The molecule has 0 spiro atoms. The van der Waals surface area contributed by atoms with E-state index in [9.17, 15) is 4.79 Å². The number of piperazine rings is 1. The van der Waals surface area contributed by atoms with Crippen LogP contribution >= 0.6 is 23.2 Å². The van der Waals surface area contributed by atoms with Gasteiger partial charge in [-0.3, -0.25) is 9.69 Å². The Morgan fingerprint density at radius 2 is 1.82 bits per heavy atom. The van der Waals surface area contributed by atoms with Gasteiger partial charge in [0.1, 0.15) is 6.26 Å². The van der Waals surface area contributed by atoms with E-state index in [-0.39, 0.29) is 5.91 Å². The van der Waals surface area contributed by atoms with E-state index in [0.717, 1.165) is 25.3 Å². The third-order valence-corrected chi connectivity index (χ3v) is 4.34. The molecule has 0 radical (unpaired) electrons. The van der Waals surface area contributed by atoms with E-state index in [1.165, 1.54) is 0 Å². The van der Waals surface area contributed by atoms with E-state index in [1.54, 1.807) is 29.4 Å². The normalized spacial score (nSPS) is 16.0. The second-order valence-corrected chi connectivity index (χ2v) is 5.97. The summed E-state index contributed by atoms with van der Waals surface area (Å²) in [6, 6.07) is 6.95. The molecule has 0 saturated carbocycles. The second kappa shape index (κ2) is 6.69. The number of benzene rings is 1. The summed E-state index contributed by atoms with van der Waals surface area (Å²) < 4.78 is 4.83. The Kier molecular flexibility index (Phi) is 4.66. The van der Waals surface area contributed by atoms with E-state index < -0.39 is 0 Å². The maximum absolute atomic E-state index is 12.6. The summed E-state index contributed by atoms with van der Waals surface area (Å²) in [5.41, 5.74) is 1.28. The molecule has 1 aliphatic rings. The minimum Gasteiger partial charge on any atom is -0.364 e. The molecule has 0 atom stereocenters. The van der Waals surface area contributed by atoms with Crippen molar-refractivity contribution in [2.24, 2.45) is 0 Å². The van der Waals surface area contributed by atoms with Crippen LogP contribution in [0.15, 0.2) is 35.1 Å². The van der Waals surface area contributed by atoms with Crippen molar-refractivity contribution in [1.29, 1.82) is 0 Å². The van der Waals surface area contributed by atoms with Crippen molar-refractivity contribution in [3.8, 4) is 0 Å². The summed E-state index contributed by atoms with van der Waals surface area (Å²) in [7, 11) is 0. The number of hydrogen-bond donors (Lipinski definition) is 0. The first kappa shape index (κ1) is 15.3. The Hall–Kier alpha value is -1.56. The van der Waals surface area contributed by atoms with E-state index in [0.29, 0.717) is 28.7 Å². The lowest BCUT2D eigenvalue weighted by Gasteiger charge is -2.34. The van der Waals surface area contributed by atoms with Gasteiger partial charge in [0.25, 0.3) is 5.91 Å². The first-order chi connectivity index (χ1) is 10.6. The zero-order valence-electron chi connectivity index (χ0n) is 11.8. The van der Waals surface area contributed by atoms with E-state index >= 15 is 0 Å². The van der Waals surface area contributed by atoms with Gasteiger partial charge in [-0.05, 0) is 12.1 Å². The molecule has 116 valence electrons. The van der Waals surface area contributed by atoms with E-state index in [1.807, 2.05) is 6.07 Å². The fourth-order valence-electron chi connectivity index (χ4n) is 2.52. The standard InChI is InChI=1S/C15H15Cl2N3O2/c16-12-2-1-3-13(17)14(12)15(21)20-7-5-19(6-8-20)10-11-4-9-22-18-11/h1-4,9H,5-8,10H2. The summed E-state index contributed by atoms with van der Waals surface area (Å²) >= 11 is 12.2. The minimum absolute atomic E-state index is 0.114. The molecule has 1 aliphatic heterocycles. The van der Waals surface area contributed by atoms with Crippen molar-refractivity contribution in [2.75, 3.05) is 26.2 Å². The Bertz CT molecular complexity index is 633. The number of nitrogens with zero attached hydrogens (tertiary/aromatic N) is 3. The van der Waals surface area contributed by atoms with Crippen LogP contribution in [0, 0.1) is 0 Å². The Labute approximate surface area is 138 Å². The summed E-state index contributed by atoms with van der Waals surface area (Å²) in [5.74, 6) is -0.114. The molecule has 2 aromatic rings. The third kappa shape index (κ3) is 3.27. The highest BCUT2D eigenvalue weighted by atomic mass is 35.5. The fraction of sp³-hybridized carbons (Fsp3) is 0.333. The van der Waals surface area contributed by atoms with Crippen LogP contribution in [0.25, 0.3) is 0 Å². The summed E-state index contributed by atoms with van der Waals surface area (Å²) in [5, 5.41) is 4.69. The molecule has 3 rings (SSSR count). The van der Waals surface area contributed by atoms with Gasteiger partial charge in [-0.2, -0.15) is 0 Å². The molecule has 0 N–H and O–H groups in total. The van der Waals surface area contributed by atoms with Crippen LogP contribution in [0.1, 0.15) is 16.1 Å². The molecule has 1 aromatic carbocycles. The van der Waals surface area contributed by atoms with Crippen LogP contribution in [-0.4, -0.2) is 47.0 Å². The smallest absolute Gasteiger partial charge is 0.256 e. The van der Waals surface area contributed by atoms with Gasteiger partial charge in [0.2, 0.25) is 0 Å². The highest BCUT2D eigenvalue weighted by Gasteiger charge is 2.25. The number of carbonyl (C=O) groups excluding carboxylic acids is 1. The molecular formula is C15H15Cl2N3O2. The number of halogens is 2. The SMILES string of the molecule is O=C(c1c(Cl)cccc1Cl)N1CCN(Cc2ccon2)CC1. The van der Waals surface area contributed by atoms with Crippen molar-refractivity contribution < 1.29 is 9.32 Å². The first-order valence-electron chi connectivity index (χ1n) is 7.00. The molecule has 1 aromatic heterocycles. The van der Waals surface area contributed by atoms with Gasteiger partial charge in [0.05, 0.1) is 21.3 Å². The Morgan fingerprint density at radius 1 is 1.14 bits per heavy atom. The molecule has 1 amide bonds. The molecule has 1 fully saturated rings. The quantitative estimate of drug-likeness (QED) is 0.862. The molecule has 2 heterocycles. The summed E-state index contributed by atoms with van der Waals surface area (Å²) in [6.07, 6.45) is 1.56. The first-order valence-corrected chi connectivity index (χ1v) is 7.75. The van der Waals surface area contributed by atoms with E-state index in [2.05, 4.69) is 10.1 Å². The van der Waals surface area contributed by atoms with Gasteiger partial charge in [-0.25, -0.2) is 0 Å². The Morgan fingerprint density at radius 3 is 2.41 bits per heavy atom. The summed E-state index contributed by atoms with van der Waals surface area (Å²) in [6.45, 7) is 3.56. The molecule has 5 nitrogen and oxygen atoms in total. The molecule has 1 saturated heterocycles. The maximum atomic E-state index is 12.6. The van der Waals surface area contributed by atoms with Gasteiger partial charge in [0, 0.05) is 38.8 Å². The van der Waals surface area contributed by atoms with Crippen molar-refractivity contribution in [3.63, 3.8) is 0 Å². The number of rotatable bonds is 3. The van der Waals surface area contributed by atoms with Gasteiger partial charge in [-0.15, -0.1) is 0 Å². The van der Waals surface area contributed by atoms with Crippen molar-refractivity contribution in [3.05, 3.63) is 51.8 Å². The zero-order valence-corrected chi connectivity index (χ0v) is 13.3. The number of aromatic nitrogens is 1. The van der Waals surface area contributed by atoms with Crippen molar-refractivity contribution >= 4 is 29.1 Å².